The van der Waals surface area contributed by atoms with Crippen molar-refractivity contribution in [1.29, 1.82) is 0 Å². The summed E-state index contributed by atoms with van der Waals surface area (Å²) < 4.78 is 32.1. The van der Waals surface area contributed by atoms with Crippen LogP contribution >= 0.6 is 24.0 Å². The number of guanidine groups is 1. The SMILES string of the molecule is CN=C(NCCNS(=O)(=O)c1ccc(C)cc1)NCCN(C)CCCOC.I. The molecule has 8 nitrogen and oxygen atoms in total. The predicted octanol–water partition coefficient (Wildman–Crippen LogP) is 1.02. The molecular weight excluding hydrogens is 493 g/mol. The van der Waals surface area contributed by atoms with Gasteiger partial charge in [-0.2, -0.15) is 0 Å². The van der Waals surface area contributed by atoms with Crippen LogP contribution < -0.4 is 15.4 Å². The molecule has 0 spiro atoms. The molecule has 0 aliphatic carbocycles. The molecule has 0 saturated heterocycles. The molecule has 28 heavy (non-hydrogen) atoms. The van der Waals surface area contributed by atoms with Crippen molar-refractivity contribution in [3.63, 3.8) is 0 Å². The first-order chi connectivity index (χ1) is 12.9. The van der Waals surface area contributed by atoms with E-state index in [-0.39, 0.29) is 35.4 Å². The molecule has 10 heteroatoms. The molecule has 3 N–H and O–H groups in total. The van der Waals surface area contributed by atoms with Crippen LogP contribution in [0.25, 0.3) is 0 Å². The van der Waals surface area contributed by atoms with Gasteiger partial charge in [0, 0.05) is 53.5 Å². The van der Waals surface area contributed by atoms with Crippen molar-refractivity contribution in [1.82, 2.24) is 20.3 Å². The Bertz CT molecular complexity index is 668. The molecule has 0 saturated carbocycles. The molecule has 0 aliphatic rings. The summed E-state index contributed by atoms with van der Waals surface area (Å²) in [5, 5.41) is 6.32. The van der Waals surface area contributed by atoms with E-state index < -0.39 is 10.0 Å². The highest BCUT2D eigenvalue weighted by molar-refractivity contribution is 14.0. The Morgan fingerprint density at radius 2 is 1.75 bits per heavy atom. The number of likely N-dealkylation sites (N-methyl/N-ethyl adjacent to an activating group) is 1. The topological polar surface area (TPSA) is 95.1 Å². The fraction of sp³-hybridized carbons (Fsp3) is 0.611. The second-order valence-corrected chi connectivity index (χ2v) is 8.05. The Kier molecular flexibility index (Phi) is 14.5. The molecule has 0 bridgehead atoms. The van der Waals surface area contributed by atoms with Crippen LogP contribution in [0.5, 0.6) is 0 Å². The maximum atomic E-state index is 12.2. The van der Waals surface area contributed by atoms with E-state index in [2.05, 4.69) is 32.3 Å². The Morgan fingerprint density at radius 1 is 1.11 bits per heavy atom. The van der Waals surface area contributed by atoms with E-state index in [9.17, 15) is 8.42 Å². The fourth-order valence-corrected chi connectivity index (χ4v) is 3.38. The van der Waals surface area contributed by atoms with Gasteiger partial charge < -0.3 is 20.3 Å². The van der Waals surface area contributed by atoms with E-state index in [1.807, 2.05) is 6.92 Å². The fourth-order valence-electron chi connectivity index (χ4n) is 2.34. The van der Waals surface area contributed by atoms with Crippen molar-refractivity contribution >= 4 is 40.0 Å². The number of rotatable bonds is 12. The zero-order valence-corrected chi connectivity index (χ0v) is 20.3. The summed E-state index contributed by atoms with van der Waals surface area (Å²) in [6.45, 7) is 6.00. The quantitative estimate of drug-likeness (QED) is 0.163. The normalized spacial score (nSPS) is 12.0. The van der Waals surface area contributed by atoms with Gasteiger partial charge in [0.1, 0.15) is 0 Å². The predicted molar refractivity (Wildman–Crippen MR) is 125 cm³/mol. The Hall–Kier alpha value is -0.950. The minimum Gasteiger partial charge on any atom is -0.385 e. The maximum absolute atomic E-state index is 12.2. The van der Waals surface area contributed by atoms with Crippen LogP contribution in [0.3, 0.4) is 0 Å². The van der Waals surface area contributed by atoms with Crippen LogP contribution in [0.2, 0.25) is 0 Å². The summed E-state index contributed by atoms with van der Waals surface area (Å²) in [6.07, 6.45) is 1.00. The number of ether oxygens (including phenoxy) is 1. The molecular formula is C18H34IN5O3S. The van der Waals surface area contributed by atoms with E-state index >= 15 is 0 Å². The molecule has 0 aliphatic heterocycles. The maximum Gasteiger partial charge on any atom is 0.240 e. The number of nitrogens with one attached hydrogen (secondary N) is 3. The molecule has 162 valence electrons. The zero-order valence-electron chi connectivity index (χ0n) is 17.2. The molecule has 0 amide bonds. The summed E-state index contributed by atoms with van der Waals surface area (Å²) >= 11 is 0. The molecule has 1 aromatic carbocycles. The van der Waals surface area contributed by atoms with E-state index in [1.54, 1.807) is 38.4 Å². The van der Waals surface area contributed by atoms with Crippen molar-refractivity contribution in [2.45, 2.75) is 18.2 Å². The highest BCUT2D eigenvalue weighted by atomic mass is 127. The summed E-state index contributed by atoms with van der Waals surface area (Å²) in [5.74, 6) is 0.648. The van der Waals surface area contributed by atoms with Gasteiger partial charge in [0.05, 0.1) is 4.90 Å². The summed E-state index contributed by atoms with van der Waals surface area (Å²) in [4.78, 5) is 6.63. The molecule has 0 radical (unpaired) electrons. The van der Waals surface area contributed by atoms with Gasteiger partial charge in [0.25, 0.3) is 0 Å². The van der Waals surface area contributed by atoms with E-state index in [0.717, 1.165) is 38.2 Å². The lowest BCUT2D eigenvalue weighted by molar-refractivity contribution is 0.180. The lowest BCUT2D eigenvalue weighted by atomic mass is 10.2. The van der Waals surface area contributed by atoms with Crippen molar-refractivity contribution in [3.05, 3.63) is 29.8 Å². The van der Waals surface area contributed by atoms with Gasteiger partial charge in [-0.15, -0.1) is 24.0 Å². The molecule has 0 atom stereocenters. The van der Waals surface area contributed by atoms with Crippen LogP contribution in [-0.4, -0.2) is 79.8 Å². The first-order valence-corrected chi connectivity index (χ1v) is 10.6. The number of methoxy groups -OCH3 is 1. The van der Waals surface area contributed by atoms with Gasteiger partial charge in [0.15, 0.2) is 5.96 Å². The van der Waals surface area contributed by atoms with Crippen molar-refractivity contribution < 1.29 is 13.2 Å². The molecule has 0 aromatic heterocycles. The third-order valence-electron chi connectivity index (χ3n) is 3.94. The first kappa shape index (κ1) is 27.0. The lowest BCUT2D eigenvalue weighted by Crippen LogP contribution is -2.43. The third-order valence-corrected chi connectivity index (χ3v) is 5.42. The van der Waals surface area contributed by atoms with E-state index in [0.29, 0.717) is 12.5 Å². The second-order valence-electron chi connectivity index (χ2n) is 6.29. The van der Waals surface area contributed by atoms with Crippen molar-refractivity contribution in [3.8, 4) is 0 Å². The standard InChI is InChI=1S/C18H33N5O3S.HI/c1-16-6-8-17(9-7-16)27(24,25)22-11-10-20-18(19-2)21-12-14-23(3)13-5-15-26-4;/h6-9,22H,5,10-15H2,1-4H3,(H2,19,20,21);1H. The van der Waals surface area contributed by atoms with Gasteiger partial charge in [0.2, 0.25) is 10.0 Å². The van der Waals surface area contributed by atoms with Gasteiger partial charge in [-0.3, -0.25) is 4.99 Å². The molecule has 1 rings (SSSR count). The van der Waals surface area contributed by atoms with Gasteiger partial charge in [-0.25, -0.2) is 13.1 Å². The first-order valence-electron chi connectivity index (χ1n) is 9.07. The number of benzene rings is 1. The minimum atomic E-state index is -3.49. The van der Waals surface area contributed by atoms with Gasteiger partial charge in [-0.05, 0) is 32.5 Å². The smallest absolute Gasteiger partial charge is 0.240 e. The highest BCUT2D eigenvalue weighted by Gasteiger charge is 2.12. The van der Waals surface area contributed by atoms with Crippen LogP contribution in [0, 0.1) is 6.92 Å². The lowest BCUT2D eigenvalue weighted by Gasteiger charge is -2.18. The summed E-state index contributed by atoms with van der Waals surface area (Å²) in [5.41, 5.74) is 1.02. The number of nitrogens with zero attached hydrogens (tertiary/aromatic N) is 2. The van der Waals surface area contributed by atoms with E-state index in [1.165, 1.54) is 0 Å². The average Bonchev–Trinajstić information content (AvgIpc) is 2.64. The molecule has 0 unspecified atom stereocenters. The average molecular weight is 527 g/mol. The van der Waals surface area contributed by atoms with Crippen LogP contribution in [0.1, 0.15) is 12.0 Å². The van der Waals surface area contributed by atoms with Crippen LogP contribution in [-0.2, 0) is 14.8 Å². The second kappa shape index (κ2) is 15.0. The molecule has 0 heterocycles. The Balaban J connectivity index is 0.00000729. The monoisotopic (exact) mass is 527 g/mol. The zero-order chi connectivity index (χ0) is 20.1. The van der Waals surface area contributed by atoms with Crippen LogP contribution in [0.15, 0.2) is 34.2 Å². The molecule has 1 aromatic rings. The van der Waals surface area contributed by atoms with Gasteiger partial charge in [-0.1, -0.05) is 17.7 Å². The third kappa shape index (κ3) is 11.1. The number of hydrogen-bond donors (Lipinski definition) is 3. The van der Waals surface area contributed by atoms with Gasteiger partial charge >= 0.3 is 0 Å². The number of aryl methyl sites for hydroxylation is 1. The molecule has 0 fully saturated rings. The van der Waals surface area contributed by atoms with Crippen molar-refractivity contribution in [2.24, 2.45) is 4.99 Å². The van der Waals surface area contributed by atoms with E-state index in [4.69, 9.17) is 4.74 Å². The largest absolute Gasteiger partial charge is 0.385 e. The number of hydrogen-bond acceptors (Lipinski definition) is 5. The minimum absolute atomic E-state index is 0. The number of sulfonamides is 1. The Morgan fingerprint density at radius 3 is 2.36 bits per heavy atom. The summed E-state index contributed by atoms with van der Waals surface area (Å²) in [7, 11) is 1.97. The number of halogens is 1. The Labute approximate surface area is 186 Å². The number of aliphatic imine (C=N–C) groups is 1. The summed E-state index contributed by atoms with van der Waals surface area (Å²) in [6, 6.07) is 6.78. The van der Waals surface area contributed by atoms with Crippen molar-refractivity contribution in [2.75, 3.05) is 60.5 Å². The highest BCUT2D eigenvalue weighted by Crippen LogP contribution is 2.09. The van der Waals surface area contributed by atoms with Crippen LogP contribution in [0.4, 0.5) is 0 Å².